The van der Waals surface area contributed by atoms with Crippen molar-refractivity contribution >= 4 is 22.2 Å². The zero-order valence-corrected chi connectivity index (χ0v) is 9.22. The number of carbonyl (C=O) groups is 1. The highest BCUT2D eigenvalue weighted by Crippen LogP contribution is 2.37. The maximum atomic E-state index is 13.4. The molecule has 0 aliphatic heterocycles. The summed E-state index contributed by atoms with van der Waals surface area (Å²) < 4.78 is 23.2. The molecule has 1 aromatic rings. The van der Waals surface area contributed by atoms with Gasteiger partial charge in [0.1, 0.15) is 0 Å². The second-order valence-corrected chi connectivity index (χ2v) is 3.30. The normalized spacial score (nSPS) is 9.71. The van der Waals surface area contributed by atoms with E-state index in [9.17, 15) is 9.18 Å². The van der Waals surface area contributed by atoms with Gasteiger partial charge in [-0.2, -0.15) is 0 Å². The SMILES string of the molecule is COc1c(C=O)cc(Br)c(F)c1OC. The van der Waals surface area contributed by atoms with Gasteiger partial charge in [0.15, 0.2) is 23.6 Å². The molecule has 0 saturated carbocycles. The highest BCUT2D eigenvalue weighted by molar-refractivity contribution is 9.10. The zero-order valence-electron chi connectivity index (χ0n) is 7.64. The second kappa shape index (κ2) is 4.41. The van der Waals surface area contributed by atoms with Gasteiger partial charge in [-0.15, -0.1) is 0 Å². The summed E-state index contributed by atoms with van der Waals surface area (Å²) in [5.74, 6) is -0.567. The summed E-state index contributed by atoms with van der Waals surface area (Å²) in [5.41, 5.74) is 0.234. The minimum absolute atomic E-state index is 0.0797. The number of carbonyl (C=O) groups excluding carboxylic acids is 1. The summed E-state index contributed by atoms with van der Waals surface area (Å²) in [6.07, 6.45) is 0.575. The number of hydrogen-bond donors (Lipinski definition) is 0. The van der Waals surface area contributed by atoms with Crippen molar-refractivity contribution in [3.05, 3.63) is 21.9 Å². The van der Waals surface area contributed by atoms with E-state index in [1.54, 1.807) is 0 Å². The second-order valence-electron chi connectivity index (χ2n) is 2.45. The molecule has 0 radical (unpaired) electrons. The van der Waals surface area contributed by atoms with Crippen LogP contribution in [0.4, 0.5) is 4.39 Å². The maximum absolute atomic E-state index is 13.4. The molecular weight excluding hydrogens is 255 g/mol. The van der Waals surface area contributed by atoms with E-state index in [4.69, 9.17) is 9.47 Å². The van der Waals surface area contributed by atoms with Gasteiger partial charge in [-0.1, -0.05) is 0 Å². The Hall–Kier alpha value is -1.10. The quantitative estimate of drug-likeness (QED) is 0.785. The Bertz CT molecular complexity index is 366. The Labute approximate surface area is 88.9 Å². The van der Waals surface area contributed by atoms with Gasteiger partial charge < -0.3 is 9.47 Å². The largest absolute Gasteiger partial charge is 0.492 e. The molecule has 76 valence electrons. The lowest BCUT2D eigenvalue weighted by atomic mass is 10.2. The molecule has 3 nitrogen and oxygen atoms in total. The number of rotatable bonds is 3. The topological polar surface area (TPSA) is 35.5 Å². The third-order valence-electron chi connectivity index (χ3n) is 1.69. The first-order valence-electron chi connectivity index (χ1n) is 3.70. The van der Waals surface area contributed by atoms with Crippen LogP contribution in [-0.4, -0.2) is 20.5 Å². The fraction of sp³-hybridized carbons (Fsp3) is 0.222. The van der Waals surface area contributed by atoms with Crippen LogP contribution in [0.25, 0.3) is 0 Å². The van der Waals surface area contributed by atoms with Gasteiger partial charge >= 0.3 is 0 Å². The molecule has 0 saturated heterocycles. The third kappa shape index (κ3) is 1.72. The smallest absolute Gasteiger partial charge is 0.198 e. The summed E-state index contributed by atoms with van der Waals surface area (Å²) >= 11 is 2.97. The molecule has 0 atom stereocenters. The highest BCUT2D eigenvalue weighted by atomic mass is 79.9. The number of methoxy groups -OCH3 is 2. The van der Waals surface area contributed by atoms with Gasteiger partial charge in [0.25, 0.3) is 0 Å². The summed E-state index contributed by atoms with van der Waals surface area (Å²) in [4.78, 5) is 10.6. The molecule has 0 N–H and O–H groups in total. The first kappa shape index (κ1) is 11.0. The van der Waals surface area contributed by atoms with Crippen LogP contribution in [0.15, 0.2) is 10.5 Å². The number of halogens is 2. The van der Waals surface area contributed by atoms with Crippen molar-refractivity contribution < 1.29 is 18.7 Å². The summed E-state index contributed by atoms with van der Waals surface area (Å²) in [6.45, 7) is 0. The lowest BCUT2D eigenvalue weighted by molar-refractivity contribution is 0.111. The molecule has 0 fully saturated rings. The Morgan fingerprint density at radius 3 is 2.36 bits per heavy atom. The van der Waals surface area contributed by atoms with E-state index in [1.165, 1.54) is 20.3 Å². The van der Waals surface area contributed by atoms with E-state index in [0.717, 1.165) is 0 Å². The average Bonchev–Trinajstić information content (AvgIpc) is 2.20. The molecule has 0 aliphatic carbocycles. The molecule has 0 bridgehead atoms. The van der Waals surface area contributed by atoms with Crippen molar-refractivity contribution in [1.29, 1.82) is 0 Å². The standard InChI is InChI=1S/C9H8BrFO3/c1-13-8-5(4-12)3-6(10)7(11)9(8)14-2/h3-4H,1-2H3. The zero-order chi connectivity index (χ0) is 10.7. The van der Waals surface area contributed by atoms with Gasteiger partial charge in [-0.25, -0.2) is 4.39 Å². The van der Waals surface area contributed by atoms with Crippen molar-refractivity contribution in [3.63, 3.8) is 0 Å². The Morgan fingerprint density at radius 1 is 1.36 bits per heavy atom. The van der Waals surface area contributed by atoms with Gasteiger partial charge in [0.2, 0.25) is 0 Å². The van der Waals surface area contributed by atoms with E-state index in [0.29, 0.717) is 6.29 Å². The molecule has 14 heavy (non-hydrogen) atoms. The van der Waals surface area contributed by atoms with Crippen LogP contribution in [0.3, 0.4) is 0 Å². The molecule has 5 heteroatoms. The Morgan fingerprint density at radius 2 is 1.93 bits per heavy atom. The van der Waals surface area contributed by atoms with Crippen LogP contribution < -0.4 is 9.47 Å². The molecule has 0 unspecified atom stereocenters. The monoisotopic (exact) mass is 262 g/mol. The first-order chi connectivity index (χ1) is 6.65. The minimum Gasteiger partial charge on any atom is -0.492 e. The number of aldehydes is 1. The highest BCUT2D eigenvalue weighted by Gasteiger charge is 2.18. The Kier molecular flexibility index (Phi) is 3.46. The van der Waals surface area contributed by atoms with E-state index in [-0.39, 0.29) is 21.5 Å². The van der Waals surface area contributed by atoms with Gasteiger partial charge in [-0.05, 0) is 22.0 Å². The van der Waals surface area contributed by atoms with Gasteiger partial charge in [0.05, 0.1) is 24.3 Å². The molecule has 0 aliphatic rings. The summed E-state index contributed by atoms with van der Waals surface area (Å²) in [7, 11) is 2.65. The van der Waals surface area contributed by atoms with Crippen LogP contribution in [0.1, 0.15) is 10.4 Å². The van der Waals surface area contributed by atoms with E-state index in [2.05, 4.69) is 15.9 Å². The lowest BCUT2D eigenvalue weighted by Crippen LogP contribution is -1.98. The van der Waals surface area contributed by atoms with Crippen molar-refractivity contribution in [3.8, 4) is 11.5 Å². The molecule has 1 aromatic carbocycles. The predicted octanol–water partition coefficient (Wildman–Crippen LogP) is 2.42. The molecular formula is C9H8BrFO3. The molecule has 0 spiro atoms. The third-order valence-corrected chi connectivity index (χ3v) is 2.27. The fourth-order valence-electron chi connectivity index (χ4n) is 1.09. The van der Waals surface area contributed by atoms with Crippen LogP contribution in [0, 0.1) is 5.82 Å². The number of benzene rings is 1. The summed E-state index contributed by atoms with van der Waals surface area (Å²) in [5, 5.41) is 0. The average molecular weight is 263 g/mol. The van der Waals surface area contributed by atoms with Gasteiger partial charge in [-0.3, -0.25) is 4.79 Å². The van der Waals surface area contributed by atoms with Crippen molar-refractivity contribution in [2.45, 2.75) is 0 Å². The predicted molar refractivity (Wildman–Crippen MR) is 52.6 cm³/mol. The van der Waals surface area contributed by atoms with Crippen LogP contribution in [-0.2, 0) is 0 Å². The maximum Gasteiger partial charge on any atom is 0.198 e. The molecule has 0 amide bonds. The number of ether oxygens (including phenoxy) is 2. The van der Waals surface area contributed by atoms with Crippen molar-refractivity contribution in [2.24, 2.45) is 0 Å². The van der Waals surface area contributed by atoms with Crippen molar-refractivity contribution in [2.75, 3.05) is 14.2 Å². The Balaban J connectivity index is 3.49. The number of hydrogen-bond acceptors (Lipinski definition) is 3. The van der Waals surface area contributed by atoms with Crippen LogP contribution in [0.2, 0.25) is 0 Å². The molecule has 1 rings (SSSR count). The van der Waals surface area contributed by atoms with Gasteiger partial charge in [0, 0.05) is 0 Å². The van der Waals surface area contributed by atoms with Crippen LogP contribution in [0.5, 0.6) is 11.5 Å². The van der Waals surface area contributed by atoms with E-state index < -0.39 is 5.82 Å². The van der Waals surface area contributed by atoms with E-state index >= 15 is 0 Å². The lowest BCUT2D eigenvalue weighted by Gasteiger charge is -2.11. The first-order valence-corrected chi connectivity index (χ1v) is 4.50. The molecule has 0 aromatic heterocycles. The van der Waals surface area contributed by atoms with E-state index in [1.807, 2.05) is 0 Å². The molecule has 0 heterocycles. The minimum atomic E-state index is -0.588. The fourth-order valence-corrected chi connectivity index (χ4v) is 1.51. The van der Waals surface area contributed by atoms with Crippen LogP contribution >= 0.6 is 15.9 Å². The summed E-state index contributed by atoms with van der Waals surface area (Å²) in [6, 6.07) is 1.34. The van der Waals surface area contributed by atoms with Crippen molar-refractivity contribution in [1.82, 2.24) is 0 Å².